The third-order valence-electron chi connectivity index (χ3n) is 4.86. The number of thiazole rings is 1. The van der Waals surface area contributed by atoms with Crippen LogP contribution < -0.4 is 14.2 Å². The topological polar surface area (TPSA) is 83.0 Å². The van der Waals surface area contributed by atoms with E-state index in [2.05, 4.69) is 9.97 Å². The van der Waals surface area contributed by atoms with Gasteiger partial charge in [-0.1, -0.05) is 0 Å². The largest absolute Gasteiger partial charge is 0.491 e. The number of carbonyl (C=O) groups excluding carboxylic acids is 1. The summed E-state index contributed by atoms with van der Waals surface area (Å²) in [4.78, 5) is 23.2. The van der Waals surface area contributed by atoms with Crippen LogP contribution >= 0.6 is 11.3 Å². The molecule has 4 heterocycles. The molecule has 0 radical (unpaired) electrons. The highest BCUT2D eigenvalue weighted by molar-refractivity contribution is 7.13. The molecule has 2 aromatic heterocycles. The number of fused-ring (bicyclic) bond motifs is 1. The van der Waals surface area contributed by atoms with Crippen LogP contribution in [0.4, 0.5) is 0 Å². The summed E-state index contributed by atoms with van der Waals surface area (Å²) >= 11 is 1.45. The molecule has 9 heteroatoms. The van der Waals surface area contributed by atoms with Gasteiger partial charge in [-0.25, -0.2) is 4.98 Å². The number of amides is 1. The van der Waals surface area contributed by atoms with Gasteiger partial charge in [0, 0.05) is 35.9 Å². The lowest BCUT2D eigenvalue weighted by Gasteiger charge is -2.32. The quantitative estimate of drug-likeness (QED) is 0.622. The molecular formula is C21H19N3O5S. The highest BCUT2D eigenvalue weighted by atomic mass is 32.1. The van der Waals surface area contributed by atoms with Crippen molar-refractivity contribution in [3.05, 3.63) is 53.8 Å². The zero-order chi connectivity index (χ0) is 20.3. The number of carbonyl (C=O) groups is 1. The van der Waals surface area contributed by atoms with Gasteiger partial charge in [0.25, 0.3) is 5.91 Å². The van der Waals surface area contributed by atoms with E-state index in [-0.39, 0.29) is 18.8 Å². The van der Waals surface area contributed by atoms with Crippen LogP contribution in [0.3, 0.4) is 0 Å². The minimum atomic E-state index is -0.216. The van der Waals surface area contributed by atoms with Crippen LogP contribution in [-0.2, 0) is 4.74 Å². The minimum absolute atomic E-state index is 0.0945. The van der Waals surface area contributed by atoms with Crippen molar-refractivity contribution < 1.29 is 23.7 Å². The van der Waals surface area contributed by atoms with Crippen LogP contribution in [-0.4, -0.2) is 60.0 Å². The van der Waals surface area contributed by atoms with Crippen molar-refractivity contribution >= 4 is 17.2 Å². The highest BCUT2D eigenvalue weighted by Gasteiger charge is 2.27. The van der Waals surface area contributed by atoms with E-state index in [1.54, 1.807) is 28.7 Å². The van der Waals surface area contributed by atoms with Crippen LogP contribution in [0.1, 0.15) is 10.5 Å². The van der Waals surface area contributed by atoms with Crippen molar-refractivity contribution in [2.24, 2.45) is 0 Å². The predicted molar refractivity (Wildman–Crippen MR) is 109 cm³/mol. The maximum absolute atomic E-state index is 12.9. The van der Waals surface area contributed by atoms with E-state index in [1.165, 1.54) is 11.3 Å². The van der Waals surface area contributed by atoms with Crippen molar-refractivity contribution in [3.63, 3.8) is 0 Å². The van der Waals surface area contributed by atoms with E-state index in [9.17, 15) is 4.79 Å². The molecule has 1 unspecified atom stereocenters. The Morgan fingerprint density at radius 1 is 1.20 bits per heavy atom. The van der Waals surface area contributed by atoms with Gasteiger partial charge in [-0.15, -0.1) is 11.3 Å². The molecule has 1 saturated heterocycles. The number of aromatic nitrogens is 2. The first kappa shape index (κ1) is 18.8. The van der Waals surface area contributed by atoms with Crippen LogP contribution in [0.25, 0.3) is 10.6 Å². The van der Waals surface area contributed by atoms with Crippen LogP contribution in [0.2, 0.25) is 0 Å². The number of rotatable bonds is 5. The van der Waals surface area contributed by atoms with Gasteiger partial charge in [0.05, 0.1) is 13.2 Å². The summed E-state index contributed by atoms with van der Waals surface area (Å²) in [7, 11) is 0. The summed E-state index contributed by atoms with van der Waals surface area (Å²) in [6.45, 7) is 2.00. The predicted octanol–water partition coefficient (Wildman–Crippen LogP) is 2.85. The molecule has 2 aliphatic rings. The summed E-state index contributed by atoms with van der Waals surface area (Å²) in [5.74, 6) is 1.96. The van der Waals surface area contributed by atoms with Gasteiger partial charge in [-0.05, 0) is 24.3 Å². The number of benzene rings is 1. The van der Waals surface area contributed by atoms with Crippen LogP contribution in [0.15, 0.2) is 48.1 Å². The van der Waals surface area contributed by atoms with Crippen molar-refractivity contribution in [1.82, 2.24) is 14.9 Å². The van der Waals surface area contributed by atoms with E-state index in [0.29, 0.717) is 49.2 Å². The monoisotopic (exact) mass is 425 g/mol. The first-order valence-electron chi connectivity index (χ1n) is 9.55. The number of nitrogens with zero attached hydrogens (tertiary/aromatic N) is 3. The average molecular weight is 425 g/mol. The Morgan fingerprint density at radius 2 is 2.07 bits per heavy atom. The zero-order valence-corrected chi connectivity index (χ0v) is 16.8. The molecule has 3 aromatic rings. The molecular weight excluding hydrogens is 406 g/mol. The smallest absolute Gasteiger partial charge is 0.273 e. The van der Waals surface area contributed by atoms with E-state index in [1.807, 2.05) is 24.3 Å². The van der Waals surface area contributed by atoms with E-state index in [0.717, 1.165) is 10.6 Å². The fourth-order valence-electron chi connectivity index (χ4n) is 3.32. The van der Waals surface area contributed by atoms with E-state index >= 15 is 0 Å². The van der Waals surface area contributed by atoms with Crippen LogP contribution in [0.5, 0.6) is 17.2 Å². The summed E-state index contributed by atoms with van der Waals surface area (Å²) in [6.07, 6.45) is 3.21. The van der Waals surface area contributed by atoms with Crippen molar-refractivity contribution in [2.75, 3.05) is 33.1 Å². The number of hydrogen-bond acceptors (Lipinski definition) is 8. The Bertz CT molecular complexity index is 1040. The normalized spacial score (nSPS) is 17.7. The van der Waals surface area contributed by atoms with E-state index in [4.69, 9.17) is 18.9 Å². The molecule has 1 fully saturated rings. The van der Waals surface area contributed by atoms with Crippen molar-refractivity contribution in [3.8, 4) is 27.8 Å². The Morgan fingerprint density at radius 3 is 2.97 bits per heavy atom. The molecule has 1 amide bonds. The lowest BCUT2D eigenvalue weighted by atomic mass is 10.2. The zero-order valence-electron chi connectivity index (χ0n) is 16.0. The van der Waals surface area contributed by atoms with Gasteiger partial charge in [0.2, 0.25) is 6.79 Å². The Balaban J connectivity index is 1.20. The molecule has 0 saturated carbocycles. The Labute approximate surface area is 177 Å². The lowest BCUT2D eigenvalue weighted by molar-refractivity contribution is -0.0402. The number of ether oxygens (including phenoxy) is 4. The molecule has 0 aliphatic carbocycles. The second-order valence-corrected chi connectivity index (χ2v) is 7.70. The van der Waals surface area contributed by atoms with Crippen molar-refractivity contribution in [2.45, 2.75) is 6.10 Å². The molecule has 0 N–H and O–H groups in total. The van der Waals surface area contributed by atoms with Gasteiger partial charge >= 0.3 is 0 Å². The maximum atomic E-state index is 12.9. The Hall–Kier alpha value is -3.17. The molecule has 154 valence electrons. The third kappa shape index (κ3) is 3.94. The second-order valence-electron chi connectivity index (χ2n) is 6.84. The number of morpholine rings is 1. The molecule has 0 bridgehead atoms. The van der Waals surface area contributed by atoms with Crippen molar-refractivity contribution in [1.29, 1.82) is 0 Å². The van der Waals surface area contributed by atoms with E-state index < -0.39 is 0 Å². The van der Waals surface area contributed by atoms with Gasteiger partial charge < -0.3 is 23.8 Å². The van der Waals surface area contributed by atoms with Gasteiger partial charge in [0.15, 0.2) is 11.5 Å². The summed E-state index contributed by atoms with van der Waals surface area (Å²) < 4.78 is 22.3. The lowest BCUT2D eigenvalue weighted by Crippen LogP contribution is -2.47. The van der Waals surface area contributed by atoms with Gasteiger partial charge in [-0.3, -0.25) is 9.78 Å². The second kappa shape index (κ2) is 8.29. The standard InChI is InChI=1S/C21H19N3O5S/c25-21(17-12-30-20(23-17)14-3-5-22-6-4-14)24-7-8-26-16(10-24)11-27-15-1-2-18-19(9-15)29-13-28-18/h1-6,9,12,16H,7-8,10-11,13H2. The first-order valence-corrected chi connectivity index (χ1v) is 10.4. The summed E-state index contributed by atoms with van der Waals surface area (Å²) in [5.41, 5.74) is 1.40. The molecule has 2 aliphatic heterocycles. The molecule has 1 atom stereocenters. The molecule has 30 heavy (non-hydrogen) atoms. The summed E-state index contributed by atoms with van der Waals surface area (Å²) in [6, 6.07) is 9.20. The molecule has 5 rings (SSSR count). The summed E-state index contributed by atoms with van der Waals surface area (Å²) in [5, 5.41) is 2.60. The fourth-order valence-corrected chi connectivity index (χ4v) is 4.12. The fraction of sp³-hybridized carbons (Fsp3) is 0.286. The highest BCUT2D eigenvalue weighted by Crippen LogP contribution is 2.35. The van der Waals surface area contributed by atoms with Gasteiger partial charge in [-0.2, -0.15) is 0 Å². The van der Waals surface area contributed by atoms with Crippen LogP contribution in [0, 0.1) is 0 Å². The number of pyridine rings is 1. The molecule has 0 spiro atoms. The molecule has 1 aromatic carbocycles. The maximum Gasteiger partial charge on any atom is 0.273 e. The minimum Gasteiger partial charge on any atom is -0.491 e. The Kier molecular flexibility index (Phi) is 5.20. The first-order chi connectivity index (χ1) is 14.8. The average Bonchev–Trinajstić information content (AvgIpc) is 3.47. The molecule has 8 nitrogen and oxygen atoms in total. The number of hydrogen-bond donors (Lipinski definition) is 0. The SMILES string of the molecule is O=C(c1csc(-c2ccncc2)n1)N1CCOC(COc2ccc3c(c2)OCO3)C1. The van der Waals surface area contributed by atoms with Gasteiger partial charge in [0.1, 0.15) is 29.2 Å². The third-order valence-corrected chi connectivity index (χ3v) is 5.75.